The van der Waals surface area contributed by atoms with Crippen LogP contribution in [0.15, 0.2) is 29.1 Å². The summed E-state index contributed by atoms with van der Waals surface area (Å²) in [6.45, 7) is 0.353. The summed E-state index contributed by atoms with van der Waals surface area (Å²) < 4.78 is 0. The summed E-state index contributed by atoms with van der Waals surface area (Å²) in [7, 11) is 0. The van der Waals surface area contributed by atoms with E-state index in [1.165, 1.54) is 29.5 Å². The van der Waals surface area contributed by atoms with Gasteiger partial charge in [0.05, 0.1) is 16.1 Å². The molecule has 2 aromatic rings. The Kier molecular flexibility index (Phi) is 4.65. The fourth-order valence-electron chi connectivity index (χ4n) is 1.64. The lowest BCUT2D eigenvalue weighted by molar-refractivity contribution is -0.385. The van der Waals surface area contributed by atoms with Gasteiger partial charge in [-0.25, -0.2) is 4.98 Å². The summed E-state index contributed by atoms with van der Waals surface area (Å²) in [5, 5.41) is 15.4. The Balaban J connectivity index is 2.06. The average molecular weight is 312 g/mol. The highest BCUT2D eigenvalue weighted by atomic mass is 35.5. The van der Waals surface area contributed by atoms with Crippen LogP contribution in [-0.4, -0.2) is 22.4 Å². The van der Waals surface area contributed by atoms with Crippen molar-refractivity contribution in [1.82, 2.24) is 10.3 Å². The molecule has 0 bridgehead atoms. The second-order valence-electron chi connectivity index (χ2n) is 3.88. The number of aromatic nitrogens is 1. The molecule has 0 spiro atoms. The molecule has 0 saturated heterocycles. The van der Waals surface area contributed by atoms with Crippen molar-refractivity contribution < 1.29 is 9.72 Å². The number of carbonyl (C=O) groups is 1. The molecular weight excluding hydrogens is 302 g/mol. The van der Waals surface area contributed by atoms with E-state index in [0.717, 1.165) is 5.69 Å². The number of hydrogen-bond donors (Lipinski definition) is 1. The molecule has 20 heavy (non-hydrogen) atoms. The minimum absolute atomic E-state index is 0.0409. The monoisotopic (exact) mass is 311 g/mol. The smallest absolute Gasteiger partial charge is 0.300 e. The summed E-state index contributed by atoms with van der Waals surface area (Å²) in [5.74, 6) is -0.519. The van der Waals surface area contributed by atoms with Gasteiger partial charge in [-0.3, -0.25) is 14.9 Å². The van der Waals surface area contributed by atoms with Gasteiger partial charge >= 0.3 is 5.69 Å². The zero-order valence-corrected chi connectivity index (χ0v) is 11.8. The van der Waals surface area contributed by atoms with Crippen LogP contribution in [0.3, 0.4) is 0 Å². The molecule has 0 unspecified atom stereocenters. The van der Waals surface area contributed by atoms with Crippen LogP contribution in [0.25, 0.3) is 0 Å². The first-order valence-electron chi connectivity index (χ1n) is 5.67. The topological polar surface area (TPSA) is 85.1 Å². The fraction of sp³-hybridized carbons (Fsp3) is 0.167. The second-order valence-corrected chi connectivity index (χ2v) is 5.00. The van der Waals surface area contributed by atoms with E-state index >= 15 is 0 Å². The molecule has 1 heterocycles. The third-order valence-electron chi connectivity index (χ3n) is 2.56. The number of nitrogens with one attached hydrogen (secondary N) is 1. The van der Waals surface area contributed by atoms with Gasteiger partial charge < -0.3 is 5.32 Å². The molecule has 2 rings (SSSR count). The van der Waals surface area contributed by atoms with Gasteiger partial charge in [-0.2, -0.15) is 0 Å². The largest absolute Gasteiger partial charge is 0.351 e. The van der Waals surface area contributed by atoms with Crippen molar-refractivity contribution in [3.63, 3.8) is 0 Å². The Morgan fingerprint density at radius 2 is 2.30 bits per heavy atom. The molecule has 8 heteroatoms. The lowest BCUT2D eigenvalue weighted by Gasteiger charge is -2.05. The highest BCUT2D eigenvalue weighted by molar-refractivity contribution is 7.07. The first-order chi connectivity index (χ1) is 9.59. The van der Waals surface area contributed by atoms with Gasteiger partial charge in [-0.1, -0.05) is 17.7 Å². The minimum atomic E-state index is -0.655. The zero-order chi connectivity index (χ0) is 14.5. The molecule has 1 aromatic heterocycles. The number of para-hydroxylation sites is 1. The first kappa shape index (κ1) is 14.4. The summed E-state index contributed by atoms with van der Waals surface area (Å²) >= 11 is 7.23. The summed E-state index contributed by atoms with van der Waals surface area (Å²) in [6.07, 6.45) is 0.573. The van der Waals surface area contributed by atoms with Crippen LogP contribution >= 0.6 is 22.9 Å². The number of hydrogen-bond acceptors (Lipinski definition) is 5. The molecule has 0 aliphatic heterocycles. The number of thiazole rings is 1. The molecule has 104 valence electrons. The lowest BCUT2D eigenvalue weighted by Crippen LogP contribution is -2.26. The van der Waals surface area contributed by atoms with E-state index in [9.17, 15) is 14.9 Å². The van der Waals surface area contributed by atoms with Gasteiger partial charge in [0, 0.05) is 18.3 Å². The Labute approximate surface area is 123 Å². The maximum absolute atomic E-state index is 12.0. The van der Waals surface area contributed by atoms with E-state index in [4.69, 9.17) is 11.6 Å². The highest BCUT2D eigenvalue weighted by Crippen LogP contribution is 2.27. The summed E-state index contributed by atoms with van der Waals surface area (Å²) in [5.41, 5.74) is 2.16. The number of benzene rings is 1. The van der Waals surface area contributed by atoms with Crippen molar-refractivity contribution in [2.24, 2.45) is 0 Å². The molecular formula is C12H10ClN3O3S. The van der Waals surface area contributed by atoms with Gasteiger partial charge in [-0.05, 0) is 12.1 Å². The molecule has 1 amide bonds. The minimum Gasteiger partial charge on any atom is -0.351 e. The van der Waals surface area contributed by atoms with Gasteiger partial charge in [-0.15, -0.1) is 11.3 Å². The van der Waals surface area contributed by atoms with Crippen molar-refractivity contribution in [3.8, 4) is 0 Å². The third kappa shape index (κ3) is 3.31. The number of nitro groups is 1. The molecule has 1 N–H and O–H groups in total. The van der Waals surface area contributed by atoms with E-state index in [0.29, 0.717) is 13.0 Å². The number of halogens is 1. The second kappa shape index (κ2) is 6.44. The molecule has 6 nitrogen and oxygen atoms in total. The molecule has 0 radical (unpaired) electrons. The Morgan fingerprint density at radius 1 is 1.50 bits per heavy atom. The van der Waals surface area contributed by atoms with E-state index in [-0.39, 0.29) is 16.3 Å². The average Bonchev–Trinajstić information content (AvgIpc) is 2.91. The van der Waals surface area contributed by atoms with Crippen LogP contribution in [0.4, 0.5) is 5.69 Å². The Bertz CT molecular complexity index is 631. The molecule has 0 aliphatic carbocycles. The standard InChI is InChI=1S/C12H10ClN3O3S/c13-10-3-1-2-9(11(10)16(18)19)12(17)14-5-4-8-6-20-7-15-8/h1-3,6-7H,4-5H2,(H,14,17). The van der Waals surface area contributed by atoms with Crippen LogP contribution in [0.2, 0.25) is 5.02 Å². The van der Waals surface area contributed by atoms with E-state index in [1.807, 2.05) is 5.38 Å². The molecule has 0 aliphatic rings. The lowest BCUT2D eigenvalue weighted by atomic mass is 10.1. The Hall–Kier alpha value is -1.99. The fourth-order valence-corrected chi connectivity index (χ4v) is 2.48. The van der Waals surface area contributed by atoms with Gasteiger partial charge in [0.15, 0.2) is 0 Å². The van der Waals surface area contributed by atoms with E-state index < -0.39 is 10.8 Å². The van der Waals surface area contributed by atoms with Gasteiger partial charge in [0.25, 0.3) is 5.91 Å². The number of rotatable bonds is 5. The Morgan fingerprint density at radius 3 is 2.95 bits per heavy atom. The normalized spacial score (nSPS) is 10.2. The zero-order valence-electron chi connectivity index (χ0n) is 10.2. The molecule has 0 fully saturated rings. The number of amides is 1. The van der Waals surface area contributed by atoms with E-state index in [1.54, 1.807) is 5.51 Å². The van der Waals surface area contributed by atoms with Crippen molar-refractivity contribution in [3.05, 3.63) is 55.5 Å². The van der Waals surface area contributed by atoms with Crippen molar-refractivity contribution >= 4 is 34.5 Å². The van der Waals surface area contributed by atoms with Crippen LogP contribution in [0, 0.1) is 10.1 Å². The molecule has 0 saturated carbocycles. The number of nitro benzene ring substituents is 1. The summed E-state index contributed by atoms with van der Waals surface area (Å²) in [4.78, 5) is 26.3. The predicted octanol–water partition coefficient (Wildman–Crippen LogP) is 2.68. The molecule has 1 aromatic carbocycles. The van der Waals surface area contributed by atoms with Crippen LogP contribution < -0.4 is 5.32 Å². The molecule has 0 atom stereocenters. The SMILES string of the molecule is O=C(NCCc1cscn1)c1cccc(Cl)c1[N+](=O)[O-]. The maximum Gasteiger partial charge on any atom is 0.300 e. The predicted molar refractivity (Wildman–Crippen MR) is 76.3 cm³/mol. The highest BCUT2D eigenvalue weighted by Gasteiger charge is 2.23. The van der Waals surface area contributed by atoms with Crippen molar-refractivity contribution in [2.45, 2.75) is 6.42 Å². The number of carbonyl (C=O) groups excluding carboxylic acids is 1. The number of nitrogens with zero attached hydrogens (tertiary/aromatic N) is 2. The van der Waals surface area contributed by atoms with Gasteiger partial charge in [0.1, 0.15) is 10.6 Å². The van der Waals surface area contributed by atoms with Crippen molar-refractivity contribution in [1.29, 1.82) is 0 Å². The first-order valence-corrected chi connectivity index (χ1v) is 7.00. The van der Waals surface area contributed by atoms with Crippen LogP contribution in [-0.2, 0) is 6.42 Å². The van der Waals surface area contributed by atoms with Crippen LogP contribution in [0.5, 0.6) is 0 Å². The summed E-state index contributed by atoms with van der Waals surface area (Å²) in [6, 6.07) is 4.26. The van der Waals surface area contributed by atoms with Gasteiger partial charge in [0.2, 0.25) is 0 Å². The third-order valence-corrected chi connectivity index (χ3v) is 3.50. The van der Waals surface area contributed by atoms with Crippen LogP contribution in [0.1, 0.15) is 16.1 Å². The van der Waals surface area contributed by atoms with Crippen molar-refractivity contribution in [2.75, 3.05) is 6.54 Å². The quantitative estimate of drug-likeness (QED) is 0.679. The van der Waals surface area contributed by atoms with E-state index in [2.05, 4.69) is 10.3 Å². The maximum atomic E-state index is 12.0.